The van der Waals surface area contributed by atoms with Crippen LogP contribution in [0, 0.1) is 0 Å². The number of hydrogen-bond acceptors (Lipinski definition) is 2. The standard InChI is InChI=1S/C14H18O2/c1-14(2)6-5-10-3-4-11(7-13(10)14)15-8-12-9-16-12/h3-4,7,12H,5-6,8-9H2,1-2H3. The van der Waals surface area contributed by atoms with Gasteiger partial charge in [0.15, 0.2) is 0 Å². The van der Waals surface area contributed by atoms with E-state index in [1.54, 1.807) is 0 Å². The molecule has 0 bridgehead atoms. The SMILES string of the molecule is CC1(C)CCc2ccc(OCC3CO3)cc21. The van der Waals surface area contributed by atoms with E-state index in [9.17, 15) is 0 Å². The number of fused-ring (bicyclic) bond motifs is 1. The van der Waals surface area contributed by atoms with Crippen LogP contribution in [0.1, 0.15) is 31.4 Å². The van der Waals surface area contributed by atoms with Crippen molar-refractivity contribution in [3.05, 3.63) is 29.3 Å². The minimum Gasteiger partial charge on any atom is -0.491 e. The molecule has 1 aromatic carbocycles. The Morgan fingerprint density at radius 1 is 1.44 bits per heavy atom. The molecule has 2 aliphatic rings. The molecule has 0 amide bonds. The van der Waals surface area contributed by atoms with Crippen molar-refractivity contribution in [2.75, 3.05) is 13.2 Å². The van der Waals surface area contributed by atoms with Crippen molar-refractivity contribution in [2.45, 2.75) is 38.2 Å². The summed E-state index contributed by atoms with van der Waals surface area (Å²) in [5.41, 5.74) is 3.26. The maximum absolute atomic E-state index is 5.72. The molecule has 1 aliphatic heterocycles. The van der Waals surface area contributed by atoms with Gasteiger partial charge < -0.3 is 9.47 Å². The first-order valence-electron chi connectivity index (χ1n) is 6.03. The van der Waals surface area contributed by atoms with Gasteiger partial charge in [0.1, 0.15) is 18.5 Å². The summed E-state index contributed by atoms with van der Waals surface area (Å²) in [7, 11) is 0. The molecular formula is C14H18O2. The number of ether oxygens (including phenoxy) is 2. The molecule has 1 aliphatic carbocycles. The van der Waals surface area contributed by atoms with Crippen LogP contribution < -0.4 is 4.74 Å². The molecule has 1 unspecified atom stereocenters. The van der Waals surface area contributed by atoms with E-state index in [0.717, 1.165) is 12.4 Å². The van der Waals surface area contributed by atoms with Gasteiger partial charge >= 0.3 is 0 Å². The molecule has 0 saturated carbocycles. The summed E-state index contributed by atoms with van der Waals surface area (Å²) < 4.78 is 10.9. The maximum Gasteiger partial charge on any atom is 0.119 e. The largest absolute Gasteiger partial charge is 0.491 e. The van der Waals surface area contributed by atoms with Crippen LogP contribution in [-0.4, -0.2) is 19.3 Å². The number of aryl methyl sites for hydroxylation is 1. The molecule has 16 heavy (non-hydrogen) atoms. The molecule has 0 radical (unpaired) electrons. The van der Waals surface area contributed by atoms with E-state index in [2.05, 4.69) is 32.0 Å². The molecule has 1 atom stereocenters. The first kappa shape index (κ1) is 10.2. The Labute approximate surface area is 96.6 Å². The Kier molecular flexibility index (Phi) is 2.21. The number of benzene rings is 1. The lowest BCUT2D eigenvalue weighted by Crippen LogP contribution is -2.12. The Morgan fingerprint density at radius 2 is 2.25 bits per heavy atom. The highest BCUT2D eigenvalue weighted by atomic mass is 16.6. The highest BCUT2D eigenvalue weighted by Gasteiger charge is 2.30. The fraction of sp³-hybridized carbons (Fsp3) is 0.571. The lowest BCUT2D eigenvalue weighted by molar-refractivity contribution is 0.262. The molecule has 0 aromatic heterocycles. The van der Waals surface area contributed by atoms with Gasteiger partial charge in [-0.2, -0.15) is 0 Å². The van der Waals surface area contributed by atoms with Crippen molar-refractivity contribution in [2.24, 2.45) is 0 Å². The summed E-state index contributed by atoms with van der Waals surface area (Å²) in [6, 6.07) is 6.51. The lowest BCUT2D eigenvalue weighted by atomic mass is 9.86. The topological polar surface area (TPSA) is 21.8 Å². The Morgan fingerprint density at radius 3 is 3.00 bits per heavy atom. The average Bonchev–Trinajstić information content (AvgIpc) is 3.03. The Balaban J connectivity index is 1.80. The van der Waals surface area contributed by atoms with E-state index in [4.69, 9.17) is 9.47 Å². The summed E-state index contributed by atoms with van der Waals surface area (Å²) in [6.45, 7) is 6.18. The van der Waals surface area contributed by atoms with Gasteiger partial charge in [-0.25, -0.2) is 0 Å². The number of rotatable bonds is 3. The van der Waals surface area contributed by atoms with E-state index in [0.29, 0.717) is 18.1 Å². The van der Waals surface area contributed by atoms with Gasteiger partial charge in [0, 0.05) is 0 Å². The van der Waals surface area contributed by atoms with Crippen LogP contribution in [-0.2, 0) is 16.6 Å². The minimum atomic E-state index is 0.310. The third-order valence-corrected chi connectivity index (χ3v) is 3.67. The molecule has 86 valence electrons. The van der Waals surface area contributed by atoms with Gasteiger partial charge in [-0.1, -0.05) is 19.9 Å². The van der Waals surface area contributed by atoms with Crippen LogP contribution in [0.3, 0.4) is 0 Å². The van der Waals surface area contributed by atoms with E-state index < -0.39 is 0 Å². The monoisotopic (exact) mass is 218 g/mol. The van der Waals surface area contributed by atoms with Crippen molar-refractivity contribution in [1.29, 1.82) is 0 Å². The van der Waals surface area contributed by atoms with Gasteiger partial charge in [-0.3, -0.25) is 0 Å². The van der Waals surface area contributed by atoms with Crippen molar-refractivity contribution in [3.63, 3.8) is 0 Å². The van der Waals surface area contributed by atoms with Crippen LogP contribution in [0.2, 0.25) is 0 Å². The summed E-state index contributed by atoms with van der Waals surface area (Å²) in [5.74, 6) is 0.990. The summed E-state index contributed by atoms with van der Waals surface area (Å²) in [6.07, 6.45) is 2.78. The molecule has 1 saturated heterocycles. The zero-order valence-electron chi connectivity index (χ0n) is 9.95. The van der Waals surface area contributed by atoms with Crippen LogP contribution in [0.25, 0.3) is 0 Å². The lowest BCUT2D eigenvalue weighted by Gasteiger charge is -2.19. The van der Waals surface area contributed by atoms with Crippen LogP contribution in [0.15, 0.2) is 18.2 Å². The fourth-order valence-corrected chi connectivity index (χ4v) is 2.43. The zero-order chi connectivity index (χ0) is 11.2. The van der Waals surface area contributed by atoms with Crippen molar-refractivity contribution >= 4 is 0 Å². The van der Waals surface area contributed by atoms with Crippen molar-refractivity contribution in [1.82, 2.24) is 0 Å². The second-order valence-corrected chi connectivity index (χ2v) is 5.47. The van der Waals surface area contributed by atoms with Crippen molar-refractivity contribution < 1.29 is 9.47 Å². The second kappa shape index (κ2) is 3.49. The summed E-state index contributed by atoms with van der Waals surface area (Å²) >= 11 is 0. The van der Waals surface area contributed by atoms with Gasteiger partial charge in [0.2, 0.25) is 0 Å². The van der Waals surface area contributed by atoms with E-state index in [-0.39, 0.29) is 0 Å². The zero-order valence-corrected chi connectivity index (χ0v) is 9.95. The Bertz CT molecular complexity index is 405. The Hall–Kier alpha value is -1.02. The van der Waals surface area contributed by atoms with Gasteiger partial charge in [0.25, 0.3) is 0 Å². The molecule has 2 heteroatoms. The predicted molar refractivity (Wildman–Crippen MR) is 63.0 cm³/mol. The highest BCUT2D eigenvalue weighted by molar-refractivity contribution is 5.43. The fourth-order valence-electron chi connectivity index (χ4n) is 2.43. The smallest absolute Gasteiger partial charge is 0.119 e. The maximum atomic E-state index is 5.72. The predicted octanol–water partition coefficient (Wildman–Crippen LogP) is 2.69. The van der Waals surface area contributed by atoms with Gasteiger partial charge in [0.05, 0.1) is 6.61 Å². The third kappa shape index (κ3) is 1.82. The third-order valence-electron chi connectivity index (χ3n) is 3.67. The normalized spacial score (nSPS) is 25.2. The average molecular weight is 218 g/mol. The van der Waals surface area contributed by atoms with E-state index >= 15 is 0 Å². The molecule has 1 fully saturated rings. The van der Waals surface area contributed by atoms with Crippen molar-refractivity contribution in [3.8, 4) is 5.75 Å². The first-order chi connectivity index (χ1) is 7.65. The minimum absolute atomic E-state index is 0.310. The molecule has 1 aromatic rings. The van der Waals surface area contributed by atoms with Gasteiger partial charge in [-0.15, -0.1) is 0 Å². The van der Waals surface area contributed by atoms with Crippen LogP contribution >= 0.6 is 0 Å². The van der Waals surface area contributed by atoms with E-state index in [1.165, 1.54) is 24.0 Å². The van der Waals surface area contributed by atoms with Crippen LogP contribution in [0.4, 0.5) is 0 Å². The second-order valence-electron chi connectivity index (χ2n) is 5.47. The first-order valence-corrected chi connectivity index (χ1v) is 6.03. The van der Waals surface area contributed by atoms with Crippen LogP contribution in [0.5, 0.6) is 5.75 Å². The quantitative estimate of drug-likeness (QED) is 0.728. The number of hydrogen-bond donors (Lipinski definition) is 0. The molecular weight excluding hydrogens is 200 g/mol. The molecule has 0 spiro atoms. The number of epoxide rings is 1. The molecule has 2 nitrogen and oxygen atoms in total. The van der Waals surface area contributed by atoms with E-state index in [1.807, 2.05) is 0 Å². The molecule has 1 heterocycles. The highest BCUT2D eigenvalue weighted by Crippen LogP contribution is 2.39. The van der Waals surface area contributed by atoms with Gasteiger partial charge in [-0.05, 0) is 41.5 Å². The summed E-state index contributed by atoms with van der Waals surface area (Å²) in [4.78, 5) is 0. The molecule has 3 rings (SSSR count). The molecule has 0 N–H and O–H groups in total. The summed E-state index contributed by atoms with van der Waals surface area (Å²) in [5, 5.41) is 0.